The smallest absolute Gasteiger partial charge is 0.194 e. The van der Waals surface area contributed by atoms with Crippen LogP contribution in [0.3, 0.4) is 0 Å². The van der Waals surface area contributed by atoms with E-state index in [-0.39, 0.29) is 0 Å². The summed E-state index contributed by atoms with van der Waals surface area (Å²) < 4.78 is 38.1. The van der Waals surface area contributed by atoms with Crippen LogP contribution in [-0.4, -0.2) is 16.3 Å². The lowest BCUT2D eigenvalue weighted by Crippen LogP contribution is -2.16. The summed E-state index contributed by atoms with van der Waals surface area (Å²) in [7, 11) is 0. The molecule has 1 aromatic carbocycles. The molecular formula is C9H9F3O2. The number of aliphatic hydroxyl groups is 2. The van der Waals surface area contributed by atoms with Gasteiger partial charge in [0.25, 0.3) is 0 Å². The monoisotopic (exact) mass is 206 g/mol. The quantitative estimate of drug-likeness (QED) is 0.720. The second kappa shape index (κ2) is 3.98. The molecular weight excluding hydrogens is 197 g/mol. The van der Waals surface area contributed by atoms with Crippen molar-refractivity contribution in [2.75, 3.05) is 0 Å². The van der Waals surface area contributed by atoms with E-state index in [0.717, 1.165) is 6.07 Å². The normalized spacial score (nSPS) is 15.3. The molecule has 2 atom stereocenters. The zero-order valence-corrected chi connectivity index (χ0v) is 7.34. The van der Waals surface area contributed by atoms with Gasteiger partial charge in [0.1, 0.15) is 6.10 Å². The van der Waals surface area contributed by atoms with Crippen LogP contribution in [0.5, 0.6) is 0 Å². The molecule has 0 aliphatic rings. The minimum Gasteiger partial charge on any atom is -0.390 e. The van der Waals surface area contributed by atoms with Gasteiger partial charge in [-0.1, -0.05) is 6.07 Å². The highest BCUT2D eigenvalue weighted by atomic mass is 19.2. The van der Waals surface area contributed by atoms with Crippen LogP contribution in [0.1, 0.15) is 18.6 Å². The van der Waals surface area contributed by atoms with E-state index in [1.807, 2.05) is 0 Å². The van der Waals surface area contributed by atoms with Crippen LogP contribution in [0.2, 0.25) is 0 Å². The summed E-state index contributed by atoms with van der Waals surface area (Å²) in [5.74, 6) is -4.45. The standard InChI is InChI=1S/C9H9F3O2/c1-4(13)9(14)5-2-3-6(10)8(12)7(5)11/h2-4,9,13-14H,1H3/t4-,9+/m0/s1. The van der Waals surface area contributed by atoms with E-state index in [1.54, 1.807) is 0 Å². The minimum absolute atomic E-state index is 0.459. The maximum atomic E-state index is 13.0. The molecule has 5 heteroatoms. The van der Waals surface area contributed by atoms with Gasteiger partial charge in [0.15, 0.2) is 17.5 Å². The van der Waals surface area contributed by atoms with Gasteiger partial charge in [-0.3, -0.25) is 0 Å². The second-order valence-electron chi connectivity index (χ2n) is 2.95. The highest BCUT2D eigenvalue weighted by Crippen LogP contribution is 2.23. The van der Waals surface area contributed by atoms with Gasteiger partial charge in [0.05, 0.1) is 6.10 Å². The van der Waals surface area contributed by atoms with Gasteiger partial charge >= 0.3 is 0 Å². The Labute approximate surface area is 78.6 Å². The van der Waals surface area contributed by atoms with Crippen LogP contribution in [0.4, 0.5) is 13.2 Å². The Morgan fingerprint density at radius 1 is 1.07 bits per heavy atom. The molecule has 0 saturated carbocycles. The van der Waals surface area contributed by atoms with Crippen LogP contribution >= 0.6 is 0 Å². The van der Waals surface area contributed by atoms with Gasteiger partial charge in [0, 0.05) is 5.56 Å². The number of halogens is 3. The number of rotatable bonds is 2. The molecule has 0 radical (unpaired) electrons. The Kier molecular flexibility index (Phi) is 3.13. The van der Waals surface area contributed by atoms with Crippen molar-refractivity contribution >= 4 is 0 Å². The van der Waals surface area contributed by atoms with E-state index in [1.165, 1.54) is 6.92 Å². The maximum absolute atomic E-state index is 13.0. The molecule has 14 heavy (non-hydrogen) atoms. The molecule has 0 spiro atoms. The molecule has 0 saturated heterocycles. The van der Waals surface area contributed by atoms with Crippen molar-refractivity contribution in [3.05, 3.63) is 35.1 Å². The Morgan fingerprint density at radius 3 is 2.14 bits per heavy atom. The van der Waals surface area contributed by atoms with Gasteiger partial charge in [-0.25, -0.2) is 13.2 Å². The van der Waals surface area contributed by atoms with Crippen LogP contribution in [0.25, 0.3) is 0 Å². The summed E-state index contributed by atoms with van der Waals surface area (Å²) in [5.41, 5.74) is -0.459. The van der Waals surface area contributed by atoms with E-state index >= 15 is 0 Å². The lowest BCUT2D eigenvalue weighted by atomic mass is 10.0. The number of aliphatic hydroxyl groups excluding tert-OH is 2. The Balaban J connectivity index is 3.17. The first-order valence-corrected chi connectivity index (χ1v) is 3.94. The van der Waals surface area contributed by atoms with Crippen LogP contribution in [-0.2, 0) is 0 Å². The average Bonchev–Trinajstić information content (AvgIpc) is 2.13. The molecule has 2 nitrogen and oxygen atoms in total. The molecule has 0 bridgehead atoms. The Hall–Kier alpha value is -1.07. The Morgan fingerprint density at radius 2 is 1.64 bits per heavy atom. The Bertz CT molecular complexity index is 339. The van der Waals surface area contributed by atoms with Crippen LogP contribution in [0, 0.1) is 17.5 Å². The molecule has 1 aromatic rings. The lowest BCUT2D eigenvalue weighted by Gasteiger charge is -2.14. The fourth-order valence-electron chi connectivity index (χ4n) is 1.03. The topological polar surface area (TPSA) is 40.5 Å². The molecule has 0 heterocycles. The molecule has 2 N–H and O–H groups in total. The van der Waals surface area contributed by atoms with Crippen molar-refractivity contribution in [3.8, 4) is 0 Å². The molecule has 0 aliphatic heterocycles. The molecule has 0 unspecified atom stereocenters. The highest BCUT2D eigenvalue weighted by Gasteiger charge is 2.21. The van der Waals surface area contributed by atoms with Crippen molar-refractivity contribution < 1.29 is 23.4 Å². The van der Waals surface area contributed by atoms with Gasteiger partial charge in [0.2, 0.25) is 0 Å². The van der Waals surface area contributed by atoms with E-state index < -0.39 is 35.2 Å². The summed E-state index contributed by atoms with van der Waals surface area (Å²) in [6.45, 7) is 1.21. The first-order valence-electron chi connectivity index (χ1n) is 3.94. The van der Waals surface area contributed by atoms with Crippen molar-refractivity contribution in [3.63, 3.8) is 0 Å². The van der Waals surface area contributed by atoms with Crippen molar-refractivity contribution in [2.45, 2.75) is 19.1 Å². The van der Waals surface area contributed by atoms with Gasteiger partial charge in [-0.15, -0.1) is 0 Å². The number of hydrogen-bond acceptors (Lipinski definition) is 2. The van der Waals surface area contributed by atoms with E-state index in [9.17, 15) is 18.3 Å². The fraction of sp³-hybridized carbons (Fsp3) is 0.333. The van der Waals surface area contributed by atoms with Crippen molar-refractivity contribution in [1.29, 1.82) is 0 Å². The lowest BCUT2D eigenvalue weighted by molar-refractivity contribution is 0.0278. The highest BCUT2D eigenvalue weighted by molar-refractivity contribution is 5.23. The first kappa shape index (κ1) is 11.0. The molecule has 0 aliphatic carbocycles. The first-order chi connectivity index (χ1) is 6.45. The van der Waals surface area contributed by atoms with Crippen LogP contribution in [0.15, 0.2) is 12.1 Å². The van der Waals surface area contributed by atoms with Gasteiger partial charge in [-0.2, -0.15) is 0 Å². The third-order valence-corrected chi connectivity index (χ3v) is 1.84. The second-order valence-corrected chi connectivity index (χ2v) is 2.95. The van der Waals surface area contributed by atoms with E-state index in [4.69, 9.17) is 5.11 Å². The van der Waals surface area contributed by atoms with Gasteiger partial charge in [-0.05, 0) is 13.0 Å². The third kappa shape index (κ3) is 1.88. The number of hydrogen-bond donors (Lipinski definition) is 2. The molecule has 1 rings (SSSR count). The molecule has 0 aromatic heterocycles. The van der Waals surface area contributed by atoms with Gasteiger partial charge < -0.3 is 10.2 Å². The summed E-state index contributed by atoms with van der Waals surface area (Å²) in [4.78, 5) is 0. The third-order valence-electron chi connectivity index (χ3n) is 1.84. The summed E-state index contributed by atoms with van der Waals surface area (Å²) in [6, 6.07) is 1.59. The molecule has 0 fully saturated rings. The van der Waals surface area contributed by atoms with Crippen LogP contribution < -0.4 is 0 Å². The predicted octanol–water partition coefficient (Wildman–Crippen LogP) is 1.52. The SMILES string of the molecule is C[C@H](O)[C@@H](O)c1ccc(F)c(F)c1F. The molecule has 0 amide bonds. The van der Waals surface area contributed by atoms with Crippen molar-refractivity contribution in [2.24, 2.45) is 0 Å². The minimum atomic E-state index is -1.65. The summed E-state index contributed by atoms with van der Waals surface area (Å²) in [6.07, 6.45) is -2.82. The molecule has 78 valence electrons. The summed E-state index contributed by atoms with van der Waals surface area (Å²) in [5, 5.41) is 18.1. The number of benzene rings is 1. The zero-order valence-electron chi connectivity index (χ0n) is 7.34. The van der Waals surface area contributed by atoms with Crippen molar-refractivity contribution in [1.82, 2.24) is 0 Å². The zero-order chi connectivity index (χ0) is 10.9. The maximum Gasteiger partial charge on any atom is 0.194 e. The van der Waals surface area contributed by atoms with E-state index in [2.05, 4.69) is 0 Å². The largest absolute Gasteiger partial charge is 0.390 e. The average molecular weight is 206 g/mol. The predicted molar refractivity (Wildman–Crippen MR) is 43.0 cm³/mol. The summed E-state index contributed by atoms with van der Waals surface area (Å²) >= 11 is 0. The fourth-order valence-corrected chi connectivity index (χ4v) is 1.03. The van der Waals surface area contributed by atoms with E-state index in [0.29, 0.717) is 6.07 Å².